The molecule has 2 fully saturated rings. The predicted octanol–water partition coefficient (Wildman–Crippen LogP) is 5.69. The second-order valence-electron chi connectivity index (χ2n) is 8.17. The summed E-state index contributed by atoms with van der Waals surface area (Å²) in [5.74, 6) is 1.94. The molecule has 0 spiro atoms. The van der Waals surface area contributed by atoms with Crippen LogP contribution in [-0.4, -0.2) is 12.0 Å². The number of halogens is 3. The van der Waals surface area contributed by atoms with E-state index in [2.05, 4.69) is 6.92 Å². The highest BCUT2D eigenvalue weighted by molar-refractivity contribution is 5.87. The van der Waals surface area contributed by atoms with Crippen LogP contribution in [0.15, 0.2) is 24.3 Å². The molecule has 0 N–H and O–H groups in total. The van der Waals surface area contributed by atoms with E-state index in [1.54, 1.807) is 6.07 Å². The zero-order valence-electron chi connectivity index (χ0n) is 14.4. The highest BCUT2D eigenvalue weighted by Crippen LogP contribution is 2.59. The highest BCUT2D eigenvalue weighted by atomic mass is 19.4. The summed E-state index contributed by atoms with van der Waals surface area (Å²) in [6, 6.07) is 5.75. The summed E-state index contributed by atoms with van der Waals surface area (Å²) >= 11 is 0. The van der Waals surface area contributed by atoms with E-state index < -0.39 is 6.18 Å². The van der Waals surface area contributed by atoms with E-state index in [-0.39, 0.29) is 5.41 Å². The number of benzene rings is 1. The third-order valence-electron chi connectivity index (χ3n) is 6.92. The summed E-state index contributed by atoms with van der Waals surface area (Å²) in [6.45, 7) is 2.16. The predicted molar refractivity (Wildman–Crippen MR) is 91.2 cm³/mol. The molecule has 3 aliphatic carbocycles. The van der Waals surface area contributed by atoms with Crippen LogP contribution in [0.25, 0.3) is 6.08 Å². The summed E-state index contributed by atoms with van der Waals surface area (Å²) in [5.41, 5.74) is 2.99. The van der Waals surface area contributed by atoms with Crippen LogP contribution in [-0.2, 0) is 11.2 Å². The number of allylic oxidation sites excluding steroid dienone is 1. The molecule has 0 aliphatic heterocycles. The van der Waals surface area contributed by atoms with Crippen molar-refractivity contribution in [2.24, 2.45) is 17.3 Å². The molecule has 3 aliphatic rings. The summed E-state index contributed by atoms with van der Waals surface area (Å²) in [6.07, 6.45) is 2.85. The van der Waals surface area contributed by atoms with Crippen LogP contribution < -0.4 is 0 Å². The number of Topliss-reactive ketones (excluding diaryl/α,β-unsaturated/α-hetero) is 1. The Morgan fingerprint density at radius 2 is 1.96 bits per heavy atom. The topological polar surface area (TPSA) is 17.1 Å². The van der Waals surface area contributed by atoms with E-state index in [0.29, 0.717) is 35.2 Å². The van der Waals surface area contributed by atoms with Crippen molar-refractivity contribution in [3.05, 3.63) is 41.0 Å². The standard InChI is InChI=1S/C21H23F3O/c1-20-10-9-16-15-4-2-13(8-11-21(22,23)24)12-14(15)3-5-17(16)18(20)6-7-19(20)25/h2,4,8,11-12,16-18H,3,5-7,9-10H2,1H3/b11-8+/t16-,17-,18+,20+/m1/s1. The molecule has 4 atom stereocenters. The average molecular weight is 348 g/mol. The molecule has 0 bridgehead atoms. The Balaban J connectivity index is 1.61. The van der Waals surface area contributed by atoms with E-state index in [9.17, 15) is 18.0 Å². The number of fused-ring (bicyclic) bond motifs is 5. The largest absolute Gasteiger partial charge is 0.409 e. The summed E-state index contributed by atoms with van der Waals surface area (Å²) in [4.78, 5) is 12.3. The number of rotatable bonds is 1. The average Bonchev–Trinajstić information content (AvgIpc) is 2.87. The van der Waals surface area contributed by atoms with Crippen LogP contribution >= 0.6 is 0 Å². The zero-order chi connectivity index (χ0) is 17.8. The number of ketones is 1. The smallest absolute Gasteiger partial charge is 0.299 e. The van der Waals surface area contributed by atoms with Gasteiger partial charge < -0.3 is 0 Å². The van der Waals surface area contributed by atoms with E-state index in [4.69, 9.17) is 0 Å². The van der Waals surface area contributed by atoms with Crippen molar-refractivity contribution >= 4 is 11.9 Å². The van der Waals surface area contributed by atoms with Crippen LogP contribution in [0.4, 0.5) is 13.2 Å². The molecular weight excluding hydrogens is 325 g/mol. The molecule has 2 saturated carbocycles. The molecule has 0 radical (unpaired) electrons. The quantitative estimate of drug-likeness (QED) is 0.637. The van der Waals surface area contributed by atoms with Crippen molar-refractivity contribution in [1.82, 2.24) is 0 Å². The van der Waals surface area contributed by atoms with E-state index >= 15 is 0 Å². The fraction of sp³-hybridized carbons (Fsp3) is 0.571. The molecule has 4 rings (SSSR count). The molecule has 1 aromatic rings. The van der Waals surface area contributed by atoms with Gasteiger partial charge in [0.2, 0.25) is 0 Å². The van der Waals surface area contributed by atoms with Crippen LogP contribution in [0.5, 0.6) is 0 Å². The lowest BCUT2D eigenvalue weighted by Crippen LogP contribution is -2.42. The number of carbonyl (C=O) groups is 1. The van der Waals surface area contributed by atoms with Gasteiger partial charge in [-0.25, -0.2) is 0 Å². The molecule has 0 amide bonds. The fourth-order valence-corrected chi connectivity index (χ4v) is 5.67. The second-order valence-corrected chi connectivity index (χ2v) is 8.17. The van der Waals surface area contributed by atoms with Gasteiger partial charge in [-0.2, -0.15) is 13.2 Å². The summed E-state index contributed by atoms with van der Waals surface area (Å²) < 4.78 is 37.1. The molecule has 4 heteroatoms. The molecule has 25 heavy (non-hydrogen) atoms. The van der Waals surface area contributed by atoms with Gasteiger partial charge in [0.1, 0.15) is 5.78 Å². The minimum atomic E-state index is -4.27. The van der Waals surface area contributed by atoms with Crippen molar-refractivity contribution < 1.29 is 18.0 Å². The van der Waals surface area contributed by atoms with Crippen LogP contribution in [0, 0.1) is 17.3 Å². The van der Waals surface area contributed by atoms with Crippen molar-refractivity contribution in [3.8, 4) is 0 Å². The summed E-state index contributed by atoms with van der Waals surface area (Å²) in [5, 5.41) is 0. The minimum absolute atomic E-state index is 0.131. The van der Waals surface area contributed by atoms with Gasteiger partial charge in [-0.3, -0.25) is 4.79 Å². The third kappa shape index (κ3) is 2.84. The molecule has 1 nitrogen and oxygen atoms in total. The van der Waals surface area contributed by atoms with E-state index in [1.807, 2.05) is 12.1 Å². The van der Waals surface area contributed by atoms with Gasteiger partial charge in [0, 0.05) is 17.9 Å². The SMILES string of the molecule is C[C@]12CC[C@@H]3c4ccc(/C=C/C(F)(F)F)cc4CC[C@H]3[C@@H]1CCC2=O. The first kappa shape index (κ1) is 16.9. The number of hydrogen-bond donors (Lipinski definition) is 0. The molecular formula is C21H23F3O. The Hall–Kier alpha value is -1.58. The minimum Gasteiger partial charge on any atom is -0.299 e. The van der Waals surface area contributed by atoms with Gasteiger partial charge in [-0.05, 0) is 66.5 Å². The van der Waals surface area contributed by atoms with Crippen molar-refractivity contribution in [1.29, 1.82) is 0 Å². The summed E-state index contributed by atoms with van der Waals surface area (Å²) in [7, 11) is 0. The molecule has 0 aromatic heterocycles. The fourth-order valence-electron chi connectivity index (χ4n) is 5.67. The Morgan fingerprint density at radius 3 is 2.72 bits per heavy atom. The van der Waals surface area contributed by atoms with Crippen LogP contribution in [0.3, 0.4) is 0 Å². The monoisotopic (exact) mass is 348 g/mol. The molecule has 134 valence electrons. The number of aryl methyl sites for hydroxylation is 1. The maximum absolute atomic E-state index is 12.4. The lowest BCUT2D eigenvalue weighted by atomic mass is 9.55. The van der Waals surface area contributed by atoms with Gasteiger partial charge in [-0.1, -0.05) is 31.2 Å². The normalized spacial score (nSPS) is 34.7. The van der Waals surface area contributed by atoms with Gasteiger partial charge in [0.15, 0.2) is 0 Å². The van der Waals surface area contributed by atoms with Crippen LogP contribution in [0.2, 0.25) is 0 Å². The molecule has 0 unspecified atom stereocenters. The van der Waals surface area contributed by atoms with Gasteiger partial charge in [0.05, 0.1) is 0 Å². The first-order valence-electron chi connectivity index (χ1n) is 9.20. The first-order chi connectivity index (χ1) is 11.8. The second kappa shape index (κ2) is 5.72. The van der Waals surface area contributed by atoms with Crippen LogP contribution in [0.1, 0.15) is 61.6 Å². The Kier molecular flexibility index (Phi) is 3.86. The Bertz CT molecular complexity index is 733. The number of carbonyl (C=O) groups excluding carboxylic acids is 1. The first-order valence-corrected chi connectivity index (χ1v) is 9.20. The molecule has 0 saturated heterocycles. The van der Waals surface area contributed by atoms with Crippen molar-refractivity contribution in [2.45, 2.75) is 57.5 Å². The maximum atomic E-state index is 12.4. The number of hydrogen-bond acceptors (Lipinski definition) is 1. The lowest BCUT2D eigenvalue weighted by Gasteiger charge is -2.48. The zero-order valence-corrected chi connectivity index (χ0v) is 14.4. The Morgan fingerprint density at radius 1 is 1.16 bits per heavy atom. The van der Waals surface area contributed by atoms with E-state index in [1.165, 1.54) is 11.1 Å². The number of alkyl halides is 3. The van der Waals surface area contributed by atoms with Crippen molar-refractivity contribution in [3.63, 3.8) is 0 Å². The Labute approximate surface area is 146 Å². The van der Waals surface area contributed by atoms with Gasteiger partial charge >= 0.3 is 6.18 Å². The van der Waals surface area contributed by atoms with Gasteiger partial charge in [-0.15, -0.1) is 0 Å². The van der Waals surface area contributed by atoms with E-state index in [0.717, 1.165) is 44.6 Å². The molecule has 0 heterocycles. The third-order valence-corrected chi connectivity index (χ3v) is 6.92. The van der Waals surface area contributed by atoms with Gasteiger partial charge in [0.25, 0.3) is 0 Å². The molecule has 1 aromatic carbocycles. The lowest BCUT2D eigenvalue weighted by molar-refractivity contribution is -0.129. The maximum Gasteiger partial charge on any atom is 0.409 e. The van der Waals surface area contributed by atoms with Crippen molar-refractivity contribution in [2.75, 3.05) is 0 Å². The highest BCUT2D eigenvalue weighted by Gasteiger charge is 2.54.